The average molecular weight is 410 g/mol. The van der Waals surface area contributed by atoms with E-state index in [0.717, 1.165) is 39.1 Å². The molecule has 2 aromatic rings. The van der Waals surface area contributed by atoms with E-state index in [9.17, 15) is 4.79 Å². The summed E-state index contributed by atoms with van der Waals surface area (Å²) in [5.74, 6) is 0.385. The minimum Gasteiger partial charge on any atom is -0.377 e. The molecule has 4 rings (SSSR count). The third-order valence-electron chi connectivity index (χ3n) is 6.42. The van der Waals surface area contributed by atoms with Crippen molar-refractivity contribution in [2.24, 2.45) is 0 Å². The van der Waals surface area contributed by atoms with Crippen molar-refractivity contribution < 1.29 is 9.53 Å². The summed E-state index contributed by atoms with van der Waals surface area (Å²) in [5, 5.41) is 0. The van der Waals surface area contributed by atoms with E-state index in [1.807, 2.05) is 13.0 Å². The number of nitrogens with zero attached hydrogens (tertiary/aromatic N) is 1. The fourth-order valence-electron chi connectivity index (χ4n) is 4.80. The summed E-state index contributed by atoms with van der Waals surface area (Å²) in [7, 11) is 0. The van der Waals surface area contributed by atoms with Crippen LogP contribution in [0.15, 0.2) is 64.4 Å². The van der Waals surface area contributed by atoms with E-state index in [1.165, 1.54) is 28.2 Å². The van der Waals surface area contributed by atoms with Crippen LogP contribution in [0, 0.1) is 0 Å². The van der Waals surface area contributed by atoms with Gasteiger partial charge < -0.3 is 9.64 Å². The first-order chi connectivity index (χ1) is 14.2. The van der Waals surface area contributed by atoms with Gasteiger partial charge in [0.2, 0.25) is 0 Å². The molecule has 2 fully saturated rings. The van der Waals surface area contributed by atoms with Gasteiger partial charge >= 0.3 is 0 Å². The predicted molar refractivity (Wildman–Crippen MR) is 119 cm³/mol. The summed E-state index contributed by atoms with van der Waals surface area (Å²) in [6.07, 6.45) is 5.13. The zero-order valence-corrected chi connectivity index (χ0v) is 18.1. The van der Waals surface area contributed by atoms with Crippen LogP contribution in [0.4, 0.5) is 0 Å². The molecule has 2 aliphatic rings. The molecule has 2 aromatic carbocycles. The fourth-order valence-corrected chi connectivity index (χ4v) is 5.86. The molecule has 3 nitrogen and oxygen atoms in total. The number of likely N-dealkylation sites (tertiary alicyclic amines) is 1. The predicted octanol–water partition coefficient (Wildman–Crippen LogP) is 5.33. The Kier molecular flexibility index (Phi) is 6.74. The minimum absolute atomic E-state index is 0.361. The quantitative estimate of drug-likeness (QED) is 0.618. The van der Waals surface area contributed by atoms with Crippen LogP contribution in [-0.4, -0.2) is 43.0 Å². The van der Waals surface area contributed by atoms with Gasteiger partial charge in [0.1, 0.15) is 5.78 Å². The summed E-state index contributed by atoms with van der Waals surface area (Å²) in [6.45, 7) is 5.86. The van der Waals surface area contributed by atoms with Crippen LogP contribution in [0.1, 0.15) is 44.6 Å². The zero-order valence-electron chi connectivity index (χ0n) is 17.3. The largest absolute Gasteiger partial charge is 0.377 e. The molecule has 0 amide bonds. The highest BCUT2D eigenvalue weighted by Crippen LogP contribution is 2.43. The molecule has 2 aliphatic heterocycles. The summed E-state index contributed by atoms with van der Waals surface area (Å²) >= 11 is 1.78. The van der Waals surface area contributed by atoms with Crippen molar-refractivity contribution >= 4 is 17.5 Å². The molecule has 0 bridgehead atoms. The Labute approximate surface area is 178 Å². The van der Waals surface area contributed by atoms with Crippen LogP contribution < -0.4 is 0 Å². The number of ketones is 1. The Balaban J connectivity index is 1.57. The Morgan fingerprint density at radius 3 is 2.52 bits per heavy atom. The third kappa shape index (κ3) is 4.60. The van der Waals surface area contributed by atoms with Crippen molar-refractivity contribution in [1.82, 2.24) is 4.90 Å². The fraction of sp³-hybridized carbons (Fsp3) is 0.480. The molecule has 0 spiro atoms. The smallest absolute Gasteiger partial charge is 0.143 e. The second-order valence-electron chi connectivity index (χ2n) is 8.21. The maximum absolute atomic E-state index is 13.3. The Bertz CT molecular complexity index is 809. The molecule has 29 heavy (non-hydrogen) atoms. The first kappa shape index (κ1) is 20.6. The molecule has 0 radical (unpaired) electrons. The lowest BCUT2D eigenvalue weighted by Gasteiger charge is -2.42. The number of carbonyl (C=O) groups excluding carboxylic acids is 1. The van der Waals surface area contributed by atoms with E-state index in [2.05, 4.69) is 53.4 Å². The second kappa shape index (κ2) is 9.46. The number of carbonyl (C=O) groups is 1. The molecule has 0 N–H and O–H groups in total. The van der Waals surface area contributed by atoms with Crippen LogP contribution in [0.3, 0.4) is 0 Å². The highest BCUT2D eigenvalue weighted by atomic mass is 32.2. The van der Waals surface area contributed by atoms with Crippen molar-refractivity contribution in [1.29, 1.82) is 0 Å². The SMILES string of the molecule is CCC(=O)C1(c2ccccc2Sc2ccccc2)CCN(CC2CCCO2)CC1. The van der Waals surface area contributed by atoms with Gasteiger partial charge in [0, 0.05) is 29.4 Å². The lowest BCUT2D eigenvalue weighted by Crippen LogP contribution is -2.49. The maximum Gasteiger partial charge on any atom is 0.143 e. The summed E-state index contributed by atoms with van der Waals surface area (Å²) in [5.41, 5.74) is 0.859. The van der Waals surface area contributed by atoms with E-state index in [-0.39, 0.29) is 5.41 Å². The van der Waals surface area contributed by atoms with E-state index in [1.54, 1.807) is 11.8 Å². The van der Waals surface area contributed by atoms with Gasteiger partial charge in [-0.15, -0.1) is 0 Å². The van der Waals surface area contributed by atoms with Gasteiger partial charge in [-0.3, -0.25) is 4.79 Å². The maximum atomic E-state index is 13.3. The molecule has 0 aliphatic carbocycles. The third-order valence-corrected chi connectivity index (χ3v) is 7.51. The van der Waals surface area contributed by atoms with Crippen molar-refractivity contribution in [3.63, 3.8) is 0 Å². The molecule has 0 aromatic heterocycles. The van der Waals surface area contributed by atoms with Gasteiger partial charge in [-0.25, -0.2) is 0 Å². The van der Waals surface area contributed by atoms with Crippen LogP contribution in [0.25, 0.3) is 0 Å². The highest BCUT2D eigenvalue weighted by Gasteiger charge is 2.43. The first-order valence-electron chi connectivity index (χ1n) is 10.9. The highest BCUT2D eigenvalue weighted by molar-refractivity contribution is 7.99. The molecule has 0 saturated carbocycles. The first-order valence-corrected chi connectivity index (χ1v) is 11.7. The van der Waals surface area contributed by atoms with Gasteiger partial charge in [0.25, 0.3) is 0 Å². The molecule has 154 valence electrons. The number of benzene rings is 2. The molecule has 1 unspecified atom stereocenters. The molecular formula is C25H31NO2S. The Hall–Kier alpha value is -1.62. The molecule has 4 heteroatoms. The van der Waals surface area contributed by atoms with Crippen LogP contribution >= 0.6 is 11.8 Å². The van der Waals surface area contributed by atoms with E-state index in [0.29, 0.717) is 18.3 Å². The molecule has 1 atom stereocenters. The topological polar surface area (TPSA) is 29.5 Å². The van der Waals surface area contributed by atoms with Crippen LogP contribution in [-0.2, 0) is 14.9 Å². The second-order valence-corrected chi connectivity index (χ2v) is 9.32. The summed E-state index contributed by atoms with van der Waals surface area (Å²) in [6, 6.07) is 19.0. The monoisotopic (exact) mass is 409 g/mol. The van der Waals surface area contributed by atoms with Crippen molar-refractivity contribution in [2.45, 2.75) is 60.3 Å². The number of hydrogen-bond donors (Lipinski definition) is 0. The normalized spacial score (nSPS) is 21.9. The van der Waals surface area contributed by atoms with Crippen LogP contribution in [0.2, 0.25) is 0 Å². The number of piperidine rings is 1. The van der Waals surface area contributed by atoms with Gasteiger partial charge in [0.15, 0.2) is 0 Å². The Morgan fingerprint density at radius 1 is 1.10 bits per heavy atom. The van der Waals surface area contributed by atoms with Gasteiger partial charge in [-0.2, -0.15) is 0 Å². The number of ether oxygens (including phenoxy) is 1. The molecular weight excluding hydrogens is 378 g/mol. The molecule has 2 saturated heterocycles. The standard InChI is InChI=1S/C25H31NO2S/c1-2-24(27)25(14-16-26(17-15-25)19-20-9-8-18-28-20)22-12-6-7-13-23(22)29-21-10-4-3-5-11-21/h3-7,10-13,20H,2,8-9,14-19H2,1H3. The van der Waals surface area contributed by atoms with Crippen LogP contribution in [0.5, 0.6) is 0 Å². The average Bonchev–Trinajstić information content (AvgIpc) is 3.28. The number of rotatable bonds is 7. The summed E-state index contributed by atoms with van der Waals surface area (Å²) in [4.78, 5) is 18.2. The van der Waals surface area contributed by atoms with Crippen molar-refractivity contribution in [2.75, 3.05) is 26.2 Å². The lowest BCUT2D eigenvalue weighted by molar-refractivity contribution is -0.126. The molecule has 2 heterocycles. The minimum atomic E-state index is -0.361. The van der Waals surface area contributed by atoms with E-state index >= 15 is 0 Å². The number of hydrogen-bond acceptors (Lipinski definition) is 4. The van der Waals surface area contributed by atoms with E-state index < -0.39 is 0 Å². The van der Waals surface area contributed by atoms with Gasteiger partial charge in [-0.1, -0.05) is 55.1 Å². The van der Waals surface area contributed by atoms with E-state index in [4.69, 9.17) is 4.74 Å². The van der Waals surface area contributed by atoms with Gasteiger partial charge in [-0.05, 0) is 62.5 Å². The zero-order chi connectivity index (χ0) is 20.1. The summed E-state index contributed by atoms with van der Waals surface area (Å²) < 4.78 is 5.83. The Morgan fingerprint density at radius 2 is 1.83 bits per heavy atom. The van der Waals surface area contributed by atoms with Crippen molar-refractivity contribution in [3.8, 4) is 0 Å². The van der Waals surface area contributed by atoms with Crippen molar-refractivity contribution in [3.05, 3.63) is 60.2 Å². The number of Topliss-reactive ketones (excluding diaryl/α,β-unsaturated/α-hetero) is 1. The lowest BCUT2D eigenvalue weighted by atomic mass is 9.69. The van der Waals surface area contributed by atoms with Gasteiger partial charge in [0.05, 0.1) is 11.5 Å².